The van der Waals surface area contributed by atoms with Gasteiger partial charge in [0.1, 0.15) is 0 Å². The summed E-state index contributed by atoms with van der Waals surface area (Å²) < 4.78 is 10.4. The topological polar surface area (TPSA) is 37.3 Å². The summed E-state index contributed by atoms with van der Waals surface area (Å²) in [6.07, 6.45) is 0.824. The van der Waals surface area contributed by atoms with E-state index in [4.69, 9.17) is 4.89 Å². The Labute approximate surface area is 45.4 Å². The van der Waals surface area contributed by atoms with Crippen molar-refractivity contribution in [3.8, 4) is 0 Å². The third-order valence-corrected chi connectivity index (χ3v) is 4.06. The van der Waals surface area contributed by atoms with Crippen LogP contribution in [0.5, 0.6) is 0 Å². The zero-order chi connectivity index (χ0) is 5.91. The van der Waals surface area contributed by atoms with E-state index in [9.17, 15) is 4.57 Å². The molecule has 0 aliphatic heterocycles. The zero-order valence-corrected chi connectivity index (χ0v) is 6.40. The van der Waals surface area contributed by atoms with Gasteiger partial charge in [-0.3, -0.25) is 4.57 Å². The number of rotatable bonds is 2. The molecule has 0 aromatic heterocycles. The molecule has 1 N–H and O–H groups in total. The molecule has 0 fully saturated rings. The maximum atomic E-state index is 10.4. The van der Waals surface area contributed by atoms with Crippen LogP contribution < -0.4 is 0 Å². The molecule has 4 heteroatoms. The third-order valence-electron chi connectivity index (χ3n) is 0.451. The van der Waals surface area contributed by atoms with Crippen molar-refractivity contribution < 1.29 is 9.46 Å². The van der Waals surface area contributed by atoms with Crippen molar-refractivity contribution >= 4 is 15.3 Å². The van der Waals surface area contributed by atoms with Gasteiger partial charge in [-0.1, -0.05) is 6.92 Å². The summed E-state index contributed by atoms with van der Waals surface area (Å²) in [4.78, 5) is 8.59. The van der Waals surface area contributed by atoms with Crippen molar-refractivity contribution in [2.75, 3.05) is 12.8 Å². The highest BCUT2D eigenvalue weighted by Crippen LogP contribution is 2.56. The molecule has 0 rings (SSSR count). The summed E-state index contributed by atoms with van der Waals surface area (Å²) in [6, 6.07) is 0. The first-order valence-electron chi connectivity index (χ1n) is 2.11. The molecule has 0 bridgehead atoms. The second-order valence-corrected chi connectivity index (χ2v) is 7.61. The molecule has 0 heterocycles. The van der Waals surface area contributed by atoms with Gasteiger partial charge in [-0.25, -0.2) is 0 Å². The number of hydrogen-bond donors (Lipinski definition) is 1. The van der Waals surface area contributed by atoms with Gasteiger partial charge in [-0.15, -0.1) is 0 Å². The van der Waals surface area contributed by atoms with E-state index in [2.05, 4.69) is 0 Å². The van der Waals surface area contributed by atoms with Crippen LogP contribution in [0.25, 0.3) is 0 Å². The first kappa shape index (κ1) is 7.62. The second kappa shape index (κ2) is 2.81. The highest BCUT2D eigenvalue weighted by Gasteiger charge is 2.04. The molecule has 0 radical (unpaired) electrons. The summed E-state index contributed by atoms with van der Waals surface area (Å²) >= 11 is 0. The molecule has 0 spiro atoms. The van der Waals surface area contributed by atoms with Crippen LogP contribution in [-0.4, -0.2) is 17.7 Å². The molecule has 0 aliphatic carbocycles. The van der Waals surface area contributed by atoms with Gasteiger partial charge in [0.05, 0.1) is 0 Å². The molecule has 2 nitrogen and oxygen atoms in total. The minimum atomic E-state index is -2.64. The molecule has 0 amide bonds. The molecule has 2 atom stereocenters. The van der Waals surface area contributed by atoms with E-state index in [1.807, 2.05) is 6.92 Å². The summed E-state index contributed by atoms with van der Waals surface area (Å²) in [5.41, 5.74) is 0. The fraction of sp³-hybridized carbons (Fsp3) is 1.00. The van der Waals surface area contributed by atoms with Crippen LogP contribution in [0.2, 0.25) is 0 Å². The minimum absolute atomic E-state index is 0.235. The summed E-state index contributed by atoms with van der Waals surface area (Å²) in [5.74, 6) is 0. The minimum Gasteiger partial charge on any atom is -0.342 e. The summed E-state index contributed by atoms with van der Waals surface area (Å²) in [7, 11) is -2.40. The van der Waals surface area contributed by atoms with Gasteiger partial charge in [0, 0.05) is 6.66 Å². The van der Waals surface area contributed by atoms with Crippen LogP contribution >= 0.6 is 15.3 Å². The molecule has 7 heavy (non-hydrogen) atoms. The highest BCUT2D eigenvalue weighted by atomic mass is 32.1. The van der Waals surface area contributed by atoms with Gasteiger partial charge in [0.25, 0.3) is 0 Å². The Kier molecular flexibility index (Phi) is 3.06. The second-order valence-electron chi connectivity index (χ2n) is 1.39. The smallest absolute Gasteiger partial charge is 0.213 e. The lowest BCUT2D eigenvalue weighted by atomic mass is 11.0. The molecule has 0 saturated heterocycles. The van der Waals surface area contributed by atoms with Crippen LogP contribution in [0.15, 0.2) is 0 Å². The normalized spacial score (nSPS) is 20.4. The Morgan fingerprint density at radius 2 is 2.29 bits per heavy atom. The lowest BCUT2D eigenvalue weighted by molar-refractivity contribution is 0.503. The van der Waals surface area contributed by atoms with Gasteiger partial charge < -0.3 is 4.89 Å². The molecule has 0 aromatic carbocycles. The fourth-order valence-corrected chi connectivity index (χ4v) is 2.64. The van der Waals surface area contributed by atoms with E-state index >= 15 is 0 Å². The van der Waals surface area contributed by atoms with Gasteiger partial charge in [-0.05, 0) is 14.4 Å². The Morgan fingerprint density at radius 3 is 2.29 bits per heavy atom. The van der Waals surface area contributed by atoms with E-state index in [-0.39, 0.29) is 8.27 Å². The zero-order valence-electron chi connectivity index (χ0n) is 4.51. The predicted molar refractivity (Wildman–Crippen MR) is 34.6 cm³/mol. The van der Waals surface area contributed by atoms with Crippen molar-refractivity contribution in [2.45, 2.75) is 6.92 Å². The quantitative estimate of drug-likeness (QED) is 0.590. The van der Waals surface area contributed by atoms with E-state index < -0.39 is 7.06 Å². The van der Waals surface area contributed by atoms with Crippen molar-refractivity contribution in [3.63, 3.8) is 0 Å². The Hall–Kier alpha value is 0.620. The molecule has 44 valence electrons. The fourth-order valence-electron chi connectivity index (χ4n) is 0.293. The monoisotopic (exact) mass is 140 g/mol. The largest absolute Gasteiger partial charge is 0.342 e. The molecular formula is C3H10O2P2. The van der Waals surface area contributed by atoms with Crippen LogP contribution in [0.4, 0.5) is 0 Å². The average Bonchev–Trinajstić information content (AvgIpc) is 1.30. The maximum absolute atomic E-state index is 10.4. The lowest BCUT2D eigenvalue weighted by Crippen LogP contribution is -1.64. The van der Waals surface area contributed by atoms with Crippen molar-refractivity contribution in [3.05, 3.63) is 0 Å². The Balaban J connectivity index is 3.36. The summed E-state index contributed by atoms with van der Waals surface area (Å²) in [6.45, 7) is 3.31. The lowest BCUT2D eigenvalue weighted by Gasteiger charge is -1.98. The van der Waals surface area contributed by atoms with E-state index in [1.54, 1.807) is 0 Å². The van der Waals surface area contributed by atoms with E-state index in [0.29, 0.717) is 0 Å². The molecular weight excluding hydrogens is 130 g/mol. The van der Waals surface area contributed by atoms with Gasteiger partial charge >= 0.3 is 0 Å². The first-order chi connectivity index (χ1) is 3.06. The van der Waals surface area contributed by atoms with Crippen LogP contribution in [0.3, 0.4) is 0 Å². The van der Waals surface area contributed by atoms with E-state index in [1.165, 1.54) is 6.66 Å². The Bertz CT molecular complexity index is 84.9. The third kappa shape index (κ3) is 6.62. The van der Waals surface area contributed by atoms with Gasteiger partial charge in [0.2, 0.25) is 7.06 Å². The standard InChI is InChI=1S/C3H10O2P2/c1-3-6-7(2,4)5/h6H,3H2,1-2H3,(H,4,5). The van der Waals surface area contributed by atoms with Crippen LogP contribution in [-0.2, 0) is 4.57 Å². The van der Waals surface area contributed by atoms with Crippen LogP contribution in [0, 0.1) is 0 Å². The highest BCUT2D eigenvalue weighted by molar-refractivity contribution is 8.21. The van der Waals surface area contributed by atoms with Crippen LogP contribution in [0.1, 0.15) is 6.92 Å². The molecule has 2 unspecified atom stereocenters. The first-order valence-corrected chi connectivity index (χ1v) is 6.27. The predicted octanol–water partition coefficient (Wildman–Crippen LogP) is 1.50. The van der Waals surface area contributed by atoms with Gasteiger partial charge in [-0.2, -0.15) is 0 Å². The SMILES string of the molecule is CCPP(C)(=O)O. The molecule has 0 saturated carbocycles. The maximum Gasteiger partial charge on any atom is 0.213 e. The van der Waals surface area contributed by atoms with Crippen molar-refractivity contribution in [1.29, 1.82) is 0 Å². The molecule has 0 aromatic rings. The Morgan fingerprint density at radius 1 is 1.86 bits per heavy atom. The van der Waals surface area contributed by atoms with Crippen molar-refractivity contribution in [1.82, 2.24) is 0 Å². The number of hydrogen-bond acceptors (Lipinski definition) is 1. The molecule has 0 aliphatic rings. The van der Waals surface area contributed by atoms with Gasteiger partial charge in [0.15, 0.2) is 0 Å². The summed E-state index contributed by atoms with van der Waals surface area (Å²) in [5, 5.41) is 0. The van der Waals surface area contributed by atoms with Crippen molar-refractivity contribution in [2.24, 2.45) is 0 Å². The average molecular weight is 140 g/mol. The van der Waals surface area contributed by atoms with E-state index in [0.717, 1.165) is 6.16 Å².